The fourth-order valence-electron chi connectivity index (χ4n) is 8.37. The lowest BCUT2D eigenvalue weighted by Gasteiger charge is -2.57. The van der Waals surface area contributed by atoms with Gasteiger partial charge in [-0.2, -0.15) is 0 Å². The summed E-state index contributed by atoms with van der Waals surface area (Å²) in [4.78, 5) is 40.5. The van der Waals surface area contributed by atoms with E-state index in [1.807, 2.05) is 54.6 Å². The molecule has 224 valence electrons. The molecule has 6 nitrogen and oxygen atoms in total. The van der Waals surface area contributed by atoms with Crippen molar-refractivity contribution in [2.24, 2.45) is 17.8 Å². The summed E-state index contributed by atoms with van der Waals surface area (Å²) >= 11 is 2.27. The summed E-state index contributed by atoms with van der Waals surface area (Å²) in [6.07, 6.45) is 11.7. The number of hydrogen-bond donors (Lipinski definition) is 1. The Hall–Kier alpha value is -3.72. The van der Waals surface area contributed by atoms with E-state index in [1.54, 1.807) is 6.08 Å². The highest BCUT2D eigenvalue weighted by atomic mass is 127. The molecule has 1 N–H and O–H groups in total. The molecule has 44 heavy (non-hydrogen) atoms. The summed E-state index contributed by atoms with van der Waals surface area (Å²) in [7, 11) is 0. The first-order valence-electron chi connectivity index (χ1n) is 15.4. The van der Waals surface area contributed by atoms with Crippen LogP contribution in [0.25, 0.3) is 6.08 Å². The third-order valence-electron chi connectivity index (χ3n) is 9.95. The highest BCUT2D eigenvalue weighted by Gasteiger charge is 2.51. The molecule has 1 aliphatic heterocycles. The van der Waals surface area contributed by atoms with Crippen molar-refractivity contribution in [1.82, 2.24) is 5.32 Å². The molecule has 7 heteroatoms. The lowest BCUT2D eigenvalue weighted by molar-refractivity contribution is -0.122. The fraction of sp³-hybridized carbons (Fsp3) is 0.324. The minimum Gasteiger partial charge on any atom is -0.489 e. The Morgan fingerprint density at radius 1 is 0.909 bits per heavy atom. The van der Waals surface area contributed by atoms with E-state index in [2.05, 4.69) is 46.6 Å². The lowest BCUT2D eigenvalue weighted by atomic mass is 9.48. The van der Waals surface area contributed by atoms with Gasteiger partial charge in [0.15, 0.2) is 0 Å². The van der Waals surface area contributed by atoms with Crippen molar-refractivity contribution in [3.05, 3.63) is 111 Å². The second kappa shape index (κ2) is 11.7. The Balaban J connectivity index is 1.12. The number of halogens is 1. The van der Waals surface area contributed by atoms with Crippen molar-refractivity contribution in [3.63, 3.8) is 0 Å². The Bertz CT molecular complexity index is 1640. The molecule has 0 radical (unpaired) electrons. The number of hydrogen-bond acceptors (Lipinski definition) is 4. The van der Waals surface area contributed by atoms with Gasteiger partial charge in [0.2, 0.25) is 0 Å². The number of carbonyl (C=O) groups is 3. The van der Waals surface area contributed by atoms with Crippen molar-refractivity contribution >= 4 is 52.2 Å². The predicted molar refractivity (Wildman–Crippen MR) is 179 cm³/mol. The van der Waals surface area contributed by atoms with Crippen molar-refractivity contribution in [2.75, 3.05) is 4.90 Å². The molecule has 4 amide bonds. The van der Waals surface area contributed by atoms with E-state index in [1.165, 1.54) is 50.2 Å². The van der Waals surface area contributed by atoms with Crippen LogP contribution in [0.5, 0.6) is 5.75 Å². The Morgan fingerprint density at radius 3 is 2.20 bits per heavy atom. The highest BCUT2D eigenvalue weighted by molar-refractivity contribution is 14.1. The minimum atomic E-state index is -0.730. The quantitative estimate of drug-likeness (QED) is 0.113. The van der Waals surface area contributed by atoms with Crippen LogP contribution < -0.4 is 15.0 Å². The average molecular weight is 699 g/mol. The fourth-order valence-corrected chi connectivity index (χ4v) is 8.73. The Labute approximate surface area is 271 Å². The van der Waals surface area contributed by atoms with Gasteiger partial charge in [0.25, 0.3) is 11.8 Å². The topological polar surface area (TPSA) is 75.7 Å². The molecule has 1 saturated heterocycles. The normalized spacial score (nSPS) is 26.7. The molecule has 0 spiro atoms. The zero-order chi connectivity index (χ0) is 30.4. The third kappa shape index (κ3) is 5.51. The van der Waals surface area contributed by atoms with Gasteiger partial charge in [-0.25, -0.2) is 9.69 Å². The van der Waals surface area contributed by atoms with Gasteiger partial charge in [-0.1, -0.05) is 36.4 Å². The van der Waals surface area contributed by atoms with Crippen LogP contribution >= 0.6 is 22.6 Å². The summed E-state index contributed by atoms with van der Waals surface area (Å²) in [5.41, 5.74) is 4.52. The van der Waals surface area contributed by atoms with Crippen molar-refractivity contribution in [1.29, 1.82) is 0 Å². The van der Waals surface area contributed by atoms with Gasteiger partial charge in [0, 0.05) is 3.57 Å². The molecule has 3 aromatic carbocycles. The zero-order valence-electron chi connectivity index (χ0n) is 24.6. The molecule has 4 bridgehead atoms. The van der Waals surface area contributed by atoms with Crippen LogP contribution in [0.15, 0.2) is 85.0 Å². The number of barbiturate groups is 1. The number of urea groups is 1. The van der Waals surface area contributed by atoms with E-state index in [4.69, 9.17) is 4.74 Å². The summed E-state index contributed by atoms with van der Waals surface area (Å²) < 4.78 is 7.27. The van der Waals surface area contributed by atoms with E-state index >= 15 is 0 Å². The predicted octanol–water partition coefficient (Wildman–Crippen LogP) is 7.73. The maximum Gasteiger partial charge on any atom is 0.335 e. The first kappa shape index (κ1) is 29.0. The van der Waals surface area contributed by atoms with Gasteiger partial charge in [-0.05, 0) is 155 Å². The third-order valence-corrected chi connectivity index (χ3v) is 10.7. The van der Waals surface area contributed by atoms with Crippen LogP contribution in [0, 0.1) is 21.3 Å². The van der Waals surface area contributed by atoms with Crippen LogP contribution in [0.4, 0.5) is 10.5 Å². The Kier molecular flexibility index (Phi) is 7.69. The van der Waals surface area contributed by atoms with Crippen LogP contribution in [0.1, 0.15) is 60.8 Å². The number of allylic oxidation sites excluding steroid dienone is 1. The summed E-state index contributed by atoms with van der Waals surface area (Å²) in [6, 6.07) is 20.9. The number of nitrogens with one attached hydrogen (secondary N) is 1. The summed E-state index contributed by atoms with van der Waals surface area (Å²) in [6.45, 7) is 4.29. The van der Waals surface area contributed by atoms with Gasteiger partial charge in [-0.3, -0.25) is 14.9 Å². The molecule has 3 aromatic rings. The number of ether oxygens (including phenoxy) is 1. The van der Waals surface area contributed by atoms with Crippen LogP contribution in [-0.4, -0.2) is 17.8 Å². The number of amides is 4. The van der Waals surface area contributed by atoms with Crippen LogP contribution in [-0.2, 0) is 28.0 Å². The van der Waals surface area contributed by atoms with E-state index in [0.29, 0.717) is 30.0 Å². The maximum absolute atomic E-state index is 13.7. The van der Waals surface area contributed by atoms with Crippen molar-refractivity contribution in [2.45, 2.75) is 57.0 Å². The number of imide groups is 2. The van der Waals surface area contributed by atoms with Crippen molar-refractivity contribution in [3.8, 4) is 5.75 Å². The molecule has 4 aliphatic carbocycles. The number of rotatable bonds is 8. The van der Waals surface area contributed by atoms with Gasteiger partial charge < -0.3 is 4.74 Å². The molecule has 4 saturated carbocycles. The lowest BCUT2D eigenvalue weighted by Crippen LogP contribution is -2.54. The number of anilines is 1. The SMILES string of the molecule is C=CCc1cc(/C=C2\C(=O)NC(=O)N(c3ccc(C45CC6CC(CC(C6)C4)C5)cc3)C2=O)ccc1OCc1ccc(I)cc1. The Morgan fingerprint density at radius 2 is 1.57 bits per heavy atom. The van der Waals surface area contributed by atoms with Gasteiger partial charge in [0.1, 0.15) is 17.9 Å². The van der Waals surface area contributed by atoms with Crippen molar-refractivity contribution < 1.29 is 19.1 Å². The number of benzene rings is 3. The summed E-state index contributed by atoms with van der Waals surface area (Å²) in [5, 5.41) is 2.36. The smallest absolute Gasteiger partial charge is 0.335 e. The molecular weight excluding hydrogens is 663 g/mol. The van der Waals surface area contributed by atoms with E-state index in [9.17, 15) is 14.4 Å². The molecule has 1 heterocycles. The zero-order valence-corrected chi connectivity index (χ0v) is 26.7. The second-order valence-corrected chi connectivity index (χ2v) is 14.2. The highest BCUT2D eigenvalue weighted by Crippen LogP contribution is 2.60. The van der Waals surface area contributed by atoms with Crippen LogP contribution in [0.3, 0.4) is 0 Å². The van der Waals surface area contributed by atoms with Gasteiger partial charge >= 0.3 is 6.03 Å². The average Bonchev–Trinajstić information content (AvgIpc) is 2.99. The van der Waals surface area contributed by atoms with E-state index < -0.39 is 17.8 Å². The van der Waals surface area contributed by atoms with Gasteiger partial charge in [0.05, 0.1) is 5.69 Å². The molecule has 8 rings (SSSR count). The van der Waals surface area contributed by atoms with E-state index in [0.717, 1.165) is 37.4 Å². The first-order valence-corrected chi connectivity index (χ1v) is 16.5. The summed E-state index contributed by atoms with van der Waals surface area (Å²) in [5.74, 6) is 1.86. The largest absolute Gasteiger partial charge is 0.489 e. The minimum absolute atomic E-state index is 0.0909. The van der Waals surface area contributed by atoms with Gasteiger partial charge in [-0.15, -0.1) is 6.58 Å². The van der Waals surface area contributed by atoms with E-state index in [-0.39, 0.29) is 11.0 Å². The molecule has 5 fully saturated rings. The number of nitrogens with zero attached hydrogens (tertiary/aromatic N) is 1. The molecule has 0 aromatic heterocycles. The monoisotopic (exact) mass is 698 g/mol. The first-order chi connectivity index (χ1) is 21.3. The molecule has 0 unspecified atom stereocenters. The molecular formula is C37H35IN2O4. The number of carbonyl (C=O) groups excluding carboxylic acids is 3. The molecule has 5 aliphatic rings. The maximum atomic E-state index is 13.7. The second-order valence-electron chi connectivity index (χ2n) is 13.0. The molecule has 0 atom stereocenters. The van der Waals surface area contributed by atoms with Crippen LogP contribution in [0.2, 0.25) is 0 Å². The standard InChI is InChI=1S/C37H35IN2O4/c1-2-3-28-17-24(6-13-33(28)44-22-23-4-9-30(38)10-5-23)18-32-34(41)39-36(43)40(35(32)42)31-11-7-29(8-12-31)37-19-25-14-26(20-37)16-27(15-25)21-37/h2,4-13,17-18,25-27H,1,3,14-16,19-22H2,(H,39,41,43)/b32-18+.